The zero-order chi connectivity index (χ0) is 18.8. The number of nitrogen functional groups attached to an aromatic ring is 1. The summed E-state index contributed by atoms with van der Waals surface area (Å²) in [6.07, 6.45) is 0.814. The summed E-state index contributed by atoms with van der Waals surface area (Å²) in [4.78, 5) is 33.0. The van der Waals surface area contributed by atoms with Crippen molar-refractivity contribution in [3.05, 3.63) is 11.1 Å². The molecule has 2 heterocycles. The molecule has 1 saturated heterocycles. The molecule has 2 atom stereocenters. The van der Waals surface area contributed by atoms with Crippen molar-refractivity contribution < 1.29 is 27.4 Å². The van der Waals surface area contributed by atoms with E-state index in [1.165, 1.54) is 12.5 Å². The zero-order valence-corrected chi connectivity index (χ0v) is 15.0. The summed E-state index contributed by atoms with van der Waals surface area (Å²) in [7, 11) is -3.45. The molecule has 0 radical (unpaired) electrons. The van der Waals surface area contributed by atoms with Gasteiger partial charge < -0.3 is 15.9 Å². The fourth-order valence-electron chi connectivity index (χ4n) is 2.44. The number of β-lactam (4-membered cyclic amide) rings is 1. The highest BCUT2D eigenvalue weighted by Gasteiger charge is 2.53. The number of anilines is 1. The summed E-state index contributed by atoms with van der Waals surface area (Å²) in [6.45, 7) is 1.78. The average Bonchev–Trinajstić information content (AvgIpc) is 2.94. The van der Waals surface area contributed by atoms with Gasteiger partial charge in [-0.25, -0.2) is 9.29 Å². The molecule has 0 saturated carbocycles. The van der Waals surface area contributed by atoms with Crippen molar-refractivity contribution in [1.29, 1.82) is 0 Å². The lowest BCUT2D eigenvalue weighted by Crippen LogP contribution is -2.72. The van der Waals surface area contributed by atoms with Gasteiger partial charge in [0, 0.05) is 5.38 Å². The van der Waals surface area contributed by atoms with Crippen LogP contribution in [0.1, 0.15) is 25.5 Å². The van der Waals surface area contributed by atoms with Gasteiger partial charge in [0.2, 0.25) is 0 Å². The Labute approximate surface area is 147 Å². The molecule has 0 unspecified atom stereocenters. The highest BCUT2D eigenvalue weighted by atomic mass is 32.2. The number of amides is 2. The first kappa shape index (κ1) is 19.1. The summed E-state index contributed by atoms with van der Waals surface area (Å²) in [5.41, 5.74) is 5.48. The van der Waals surface area contributed by atoms with Gasteiger partial charge in [-0.15, -0.1) is 11.3 Å². The van der Waals surface area contributed by atoms with Crippen LogP contribution in [0, 0.1) is 0 Å². The standard InChI is InChI=1S/C12H17N5O6S2/c1-3-4-7-9(11(19)17(7)25(20,21)22)15-10(18)8(16-23-2)6-5-24-12(13)14-6/h5,7,9H,3-4H2,1-2H3,(H2,13,14)(H,15,18)(H,20,21,22)/t7-,9-/m0/s1. The third-order valence-electron chi connectivity index (χ3n) is 3.45. The average molecular weight is 391 g/mol. The Morgan fingerprint density at radius 2 is 2.28 bits per heavy atom. The number of rotatable bonds is 7. The first-order valence-corrected chi connectivity index (χ1v) is 9.42. The number of nitrogens with two attached hydrogens (primary N) is 1. The molecule has 2 amide bonds. The minimum absolute atomic E-state index is 0.160. The second kappa shape index (κ2) is 7.33. The normalized spacial score (nSPS) is 21.0. The molecule has 0 bridgehead atoms. The van der Waals surface area contributed by atoms with Gasteiger partial charge in [-0.05, 0) is 6.42 Å². The summed E-state index contributed by atoms with van der Waals surface area (Å²) < 4.78 is 32.1. The number of thiazole rings is 1. The van der Waals surface area contributed by atoms with Gasteiger partial charge in [0.25, 0.3) is 11.8 Å². The van der Waals surface area contributed by atoms with Crippen molar-refractivity contribution in [3.8, 4) is 0 Å². The Kier molecular flexibility index (Phi) is 5.59. The van der Waals surface area contributed by atoms with Gasteiger partial charge in [-0.1, -0.05) is 18.5 Å². The fourth-order valence-corrected chi connectivity index (χ4v) is 3.90. The van der Waals surface area contributed by atoms with Crippen LogP contribution in [-0.2, 0) is 24.7 Å². The second-order valence-electron chi connectivity index (χ2n) is 5.11. The van der Waals surface area contributed by atoms with Crippen molar-refractivity contribution in [2.24, 2.45) is 5.16 Å². The third kappa shape index (κ3) is 3.88. The Morgan fingerprint density at radius 1 is 1.60 bits per heavy atom. The van der Waals surface area contributed by atoms with E-state index in [9.17, 15) is 18.0 Å². The highest BCUT2D eigenvalue weighted by Crippen LogP contribution is 2.27. The number of nitrogens with zero attached hydrogens (tertiary/aromatic N) is 3. The third-order valence-corrected chi connectivity index (χ3v) is 5.07. The van der Waals surface area contributed by atoms with Crippen LogP contribution in [0.5, 0.6) is 0 Å². The summed E-state index contributed by atoms with van der Waals surface area (Å²) in [6, 6.07) is -1.98. The number of hydrogen-bond donors (Lipinski definition) is 3. The van der Waals surface area contributed by atoms with Gasteiger partial charge in [-0.2, -0.15) is 8.42 Å². The lowest BCUT2D eigenvalue weighted by atomic mass is 9.94. The van der Waals surface area contributed by atoms with Crippen LogP contribution in [0.2, 0.25) is 0 Å². The molecule has 1 aliphatic rings. The summed E-state index contributed by atoms with van der Waals surface area (Å²) in [5, 5.41) is 7.69. The zero-order valence-electron chi connectivity index (χ0n) is 13.4. The Hall–Kier alpha value is -2.25. The largest absolute Gasteiger partial charge is 0.398 e. The van der Waals surface area contributed by atoms with Crippen LogP contribution in [0.3, 0.4) is 0 Å². The lowest BCUT2D eigenvalue weighted by molar-refractivity contribution is -0.145. The predicted octanol–water partition coefficient (Wildman–Crippen LogP) is -0.626. The first-order chi connectivity index (χ1) is 11.7. The molecule has 1 aromatic heterocycles. The smallest absolute Gasteiger partial charge is 0.362 e. The molecule has 1 aromatic rings. The van der Waals surface area contributed by atoms with E-state index < -0.39 is 34.2 Å². The Balaban J connectivity index is 2.20. The van der Waals surface area contributed by atoms with Gasteiger partial charge in [0.1, 0.15) is 18.8 Å². The topological polar surface area (TPSA) is 164 Å². The number of aromatic nitrogens is 1. The number of nitrogens with one attached hydrogen (secondary N) is 1. The maximum Gasteiger partial charge on any atom is 0.362 e. The Bertz CT molecular complexity index is 805. The van der Waals surface area contributed by atoms with Crippen molar-refractivity contribution in [2.45, 2.75) is 31.8 Å². The summed E-state index contributed by atoms with van der Waals surface area (Å²) in [5.74, 6) is -1.70. The molecular formula is C12H17N5O6S2. The van der Waals surface area contributed by atoms with Gasteiger partial charge in [0.05, 0.1) is 6.04 Å². The number of oxime groups is 1. The quantitative estimate of drug-likeness (QED) is 0.239. The molecule has 0 aromatic carbocycles. The van der Waals surface area contributed by atoms with Crippen LogP contribution in [0.25, 0.3) is 0 Å². The molecule has 13 heteroatoms. The van der Waals surface area contributed by atoms with E-state index in [1.807, 2.05) is 0 Å². The van der Waals surface area contributed by atoms with E-state index >= 15 is 0 Å². The lowest BCUT2D eigenvalue weighted by Gasteiger charge is -2.44. The van der Waals surface area contributed by atoms with Crippen LogP contribution in [0.15, 0.2) is 10.5 Å². The van der Waals surface area contributed by atoms with Gasteiger partial charge in [-0.3, -0.25) is 14.1 Å². The molecular weight excluding hydrogens is 374 g/mol. The SMILES string of the molecule is CCC[C@H]1[C@H](NC(=O)C(=NOC)c2csc(N)n2)C(=O)N1S(=O)(=O)O. The molecule has 2 rings (SSSR count). The van der Waals surface area contributed by atoms with Gasteiger partial charge >= 0.3 is 10.3 Å². The molecule has 4 N–H and O–H groups in total. The van der Waals surface area contributed by atoms with Crippen LogP contribution >= 0.6 is 11.3 Å². The van der Waals surface area contributed by atoms with Crippen LogP contribution < -0.4 is 11.1 Å². The van der Waals surface area contributed by atoms with Gasteiger partial charge in [0.15, 0.2) is 10.8 Å². The molecule has 11 nitrogen and oxygen atoms in total. The minimum atomic E-state index is -4.68. The number of carbonyl (C=O) groups is 2. The van der Waals surface area contributed by atoms with E-state index in [0.717, 1.165) is 11.3 Å². The van der Waals surface area contributed by atoms with Crippen LogP contribution in [0.4, 0.5) is 5.13 Å². The molecule has 25 heavy (non-hydrogen) atoms. The summed E-state index contributed by atoms with van der Waals surface area (Å²) >= 11 is 1.09. The van der Waals surface area contributed by atoms with Crippen LogP contribution in [-0.4, -0.2) is 59.0 Å². The molecule has 1 fully saturated rings. The van der Waals surface area contributed by atoms with Crippen molar-refractivity contribution in [1.82, 2.24) is 14.6 Å². The van der Waals surface area contributed by atoms with Crippen molar-refractivity contribution in [2.75, 3.05) is 12.8 Å². The van der Waals surface area contributed by atoms with E-state index in [2.05, 4.69) is 20.3 Å². The monoisotopic (exact) mass is 391 g/mol. The Morgan fingerprint density at radius 3 is 2.76 bits per heavy atom. The van der Waals surface area contributed by atoms with Crippen molar-refractivity contribution in [3.63, 3.8) is 0 Å². The fraction of sp³-hybridized carbons (Fsp3) is 0.500. The van der Waals surface area contributed by atoms with E-state index in [0.29, 0.717) is 10.7 Å². The molecule has 0 spiro atoms. The maximum absolute atomic E-state index is 12.4. The van der Waals surface area contributed by atoms with E-state index in [-0.39, 0.29) is 23.0 Å². The first-order valence-electron chi connectivity index (χ1n) is 7.14. The van der Waals surface area contributed by atoms with E-state index in [1.54, 1.807) is 6.92 Å². The second-order valence-corrected chi connectivity index (χ2v) is 7.29. The number of hydrogen-bond acceptors (Lipinski definition) is 9. The van der Waals surface area contributed by atoms with E-state index in [4.69, 9.17) is 10.3 Å². The molecule has 138 valence electrons. The van der Waals surface area contributed by atoms with Crippen molar-refractivity contribution >= 4 is 44.3 Å². The minimum Gasteiger partial charge on any atom is -0.398 e. The highest BCUT2D eigenvalue weighted by molar-refractivity contribution is 7.84. The number of carbonyl (C=O) groups excluding carboxylic acids is 2. The molecule has 1 aliphatic heterocycles. The maximum atomic E-state index is 12.4. The molecule has 0 aliphatic carbocycles. The predicted molar refractivity (Wildman–Crippen MR) is 89.1 cm³/mol.